The van der Waals surface area contributed by atoms with Crippen LogP contribution in [0.1, 0.15) is 17.5 Å². The van der Waals surface area contributed by atoms with Gasteiger partial charge in [-0.1, -0.05) is 6.07 Å². The number of sulfonamides is 1. The lowest BCUT2D eigenvalue weighted by molar-refractivity contribution is -0.142. The molecule has 0 fully saturated rings. The smallest absolute Gasteiger partial charge is 0.323 e. The maximum Gasteiger partial charge on any atom is 0.323 e. The van der Waals surface area contributed by atoms with Crippen LogP contribution in [-0.4, -0.2) is 39.5 Å². The molecule has 0 saturated carbocycles. The second kappa shape index (κ2) is 7.82. The fourth-order valence-electron chi connectivity index (χ4n) is 1.95. The number of ether oxygens (including phenoxy) is 1. The Hall–Kier alpha value is -1.05. The van der Waals surface area contributed by atoms with E-state index in [4.69, 9.17) is 0 Å². The number of benzene rings is 1. The lowest BCUT2D eigenvalue weighted by atomic mass is 10.2. The van der Waals surface area contributed by atoms with E-state index in [9.17, 15) is 13.2 Å². The molecule has 0 amide bonds. The van der Waals surface area contributed by atoms with Gasteiger partial charge in [0.2, 0.25) is 10.0 Å². The van der Waals surface area contributed by atoms with Crippen LogP contribution in [0.25, 0.3) is 0 Å². The molecule has 0 spiro atoms. The van der Waals surface area contributed by atoms with Gasteiger partial charge in [-0.05, 0) is 55.5 Å². The molecule has 1 N–H and O–H groups in total. The van der Waals surface area contributed by atoms with Crippen LogP contribution in [0.15, 0.2) is 23.1 Å². The Morgan fingerprint density at radius 3 is 2.33 bits per heavy atom. The van der Waals surface area contributed by atoms with Gasteiger partial charge in [0.15, 0.2) is 0 Å². The summed E-state index contributed by atoms with van der Waals surface area (Å²) in [6.45, 7) is 3.66. The monoisotopic (exact) mass is 331 g/mol. The molecule has 0 saturated heterocycles. The van der Waals surface area contributed by atoms with Crippen LogP contribution in [0, 0.1) is 13.8 Å². The molecule has 5 nitrogen and oxygen atoms in total. The zero-order valence-corrected chi connectivity index (χ0v) is 14.3. The predicted molar refractivity (Wildman–Crippen MR) is 85.0 cm³/mol. The van der Waals surface area contributed by atoms with Crippen LogP contribution in [-0.2, 0) is 19.6 Å². The number of carbonyl (C=O) groups excluding carboxylic acids is 1. The molecule has 21 heavy (non-hydrogen) atoms. The lowest BCUT2D eigenvalue weighted by Crippen LogP contribution is -2.41. The summed E-state index contributed by atoms with van der Waals surface area (Å²) in [7, 11) is -2.50. The Morgan fingerprint density at radius 1 is 1.29 bits per heavy atom. The summed E-state index contributed by atoms with van der Waals surface area (Å²) >= 11 is 1.54. The molecule has 1 atom stereocenters. The van der Waals surface area contributed by atoms with Crippen molar-refractivity contribution >= 4 is 27.8 Å². The highest BCUT2D eigenvalue weighted by atomic mass is 32.2. The van der Waals surface area contributed by atoms with E-state index in [1.807, 2.05) is 26.2 Å². The molecule has 0 aliphatic rings. The fraction of sp³-hybridized carbons (Fsp3) is 0.500. The Kier molecular flexibility index (Phi) is 6.70. The maximum atomic E-state index is 12.4. The van der Waals surface area contributed by atoms with Gasteiger partial charge in [0, 0.05) is 0 Å². The molecular formula is C14H21NO4S2. The first-order chi connectivity index (χ1) is 9.80. The lowest BCUT2D eigenvalue weighted by Gasteiger charge is -2.16. The van der Waals surface area contributed by atoms with E-state index < -0.39 is 22.0 Å². The molecule has 1 aromatic carbocycles. The Labute approximate surface area is 130 Å². The summed E-state index contributed by atoms with van der Waals surface area (Å²) in [5, 5.41) is 0. The van der Waals surface area contributed by atoms with Gasteiger partial charge in [-0.25, -0.2) is 8.42 Å². The molecular weight excluding hydrogens is 310 g/mol. The van der Waals surface area contributed by atoms with Gasteiger partial charge in [0.1, 0.15) is 6.04 Å². The Bertz CT molecular complexity index is 579. The number of nitrogens with one attached hydrogen (secondary N) is 1. The minimum atomic E-state index is -3.75. The van der Waals surface area contributed by atoms with Crippen molar-refractivity contribution in [2.45, 2.75) is 31.2 Å². The molecule has 118 valence electrons. The van der Waals surface area contributed by atoms with E-state index in [1.54, 1.807) is 23.9 Å². The van der Waals surface area contributed by atoms with Crippen molar-refractivity contribution in [3.63, 3.8) is 0 Å². The van der Waals surface area contributed by atoms with E-state index in [0.29, 0.717) is 12.2 Å². The molecule has 0 bridgehead atoms. The van der Waals surface area contributed by atoms with Gasteiger partial charge in [0.25, 0.3) is 0 Å². The Balaban J connectivity index is 3.02. The Morgan fingerprint density at radius 2 is 1.86 bits per heavy atom. The number of methoxy groups -OCH3 is 1. The average molecular weight is 331 g/mol. The van der Waals surface area contributed by atoms with Crippen LogP contribution in [0.3, 0.4) is 0 Å². The first-order valence-electron chi connectivity index (χ1n) is 6.47. The van der Waals surface area contributed by atoms with Gasteiger partial charge in [-0.15, -0.1) is 0 Å². The van der Waals surface area contributed by atoms with Crippen LogP contribution in [0.2, 0.25) is 0 Å². The highest BCUT2D eigenvalue weighted by Gasteiger charge is 2.26. The molecule has 1 unspecified atom stereocenters. The zero-order valence-electron chi connectivity index (χ0n) is 12.7. The van der Waals surface area contributed by atoms with E-state index >= 15 is 0 Å². The van der Waals surface area contributed by atoms with Crippen LogP contribution < -0.4 is 4.72 Å². The van der Waals surface area contributed by atoms with E-state index in [1.165, 1.54) is 7.11 Å². The highest BCUT2D eigenvalue weighted by molar-refractivity contribution is 7.98. The van der Waals surface area contributed by atoms with Gasteiger partial charge in [-0.2, -0.15) is 16.5 Å². The molecule has 1 rings (SSSR count). The van der Waals surface area contributed by atoms with E-state index in [0.717, 1.165) is 11.1 Å². The van der Waals surface area contributed by atoms with Crippen molar-refractivity contribution in [2.24, 2.45) is 0 Å². The summed E-state index contributed by atoms with van der Waals surface area (Å²) in [6, 6.07) is 4.19. The van der Waals surface area contributed by atoms with Crippen molar-refractivity contribution in [2.75, 3.05) is 19.1 Å². The number of rotatable bonds is 7. The van der Waals surface area contributed by atoms with Crippen molar-refractivity contribution in [3.8, 4) is 0 Å². The first-order valence-corrected chi connectivity index (χ1v) is 9.35. The van der Waals surface area contributed by atoms with Crippen molar-refractivity contribution < 1.29 is 17.9 Å². The van der Waals surface area contributed by atoms with Gasteiger partial charge in [-0.3, -0.25) is 4.79 Å². The van der Waals surface area contributed by atoms with Crippen molar-refractivity contribution in [3.05, 3.63) is 29.3 Å². The minimum Gasteiger partial charge on any atom is -0.468 e. The summed E-state index contributed by atoms with van der Waals surface area (Å²) < 4.78 is 31.9. The number of carbonyl (C=O) groups is 1. The van der Waals surface area contributed by atoms with E-state index in [2.05, 4.69) is 9.46 Å². The number of thioether (sulfide) groups is 1. The summed E-state index contributed by atoms with van der Waals surface area (Å²) in [6.07, 6.45) is 2.28. The van der Waals surface area contributed by atoms with Gasteiger partial charge in [0.05, 0.1) is 12.0 Å². The SMILES string of the molecule is COC(=O)C(CCSC)NS(=O)(=O)c1cc(C)cc(C)c1. The molecule has 0 radical (unpaired) electrons. The summed E-state index contributed by atoms with van der Waals surface area (Å²) in [5.41, 5.74) is 1.71. The van der Waals surface area contributed by atoms with Crippen LogP contribution in [0.4, 0.5) is 0 Å². The van der Waals surface area contributed by atoms with Crippen LogP contribution in [0.5, 0.6) is 0 Å². The highest BCUT2D eigenvalue weighted by Crippen LogP contribution is 2.15. The van der Waals surface area contributed by atoms with Gasteiger partial charge >= 0.3 is 5.97 Å². The molecule has 0 aliphatic heterocycles. The molecule has 0 aromatic heterocycles. The summed E-state index contributed by atoms with van der Waals surface area (Å²) in [5.74, 6) is 0.0896. The van der Waals surface area contributed by atoms with Gasteiger partial charge < -0.3 is 4.74 Å². The minimum absolute atomic E-state index is 0.165. The second-order valence-corrected chi connectivity index (χ2v) is 7.50. The molecule has 7 heteroatoms. The number of esters is 1. The normalized spacial score (nSPS) is 13.0. The fourth-order valence-corrected chi connectivity index (χ4v) is 3.82. The third kappa shape index (κ3) is 5.33. The number of aryl methyl sites for hydroxylation is 2. The third-order valence-corrected chi connectivity index (χ3v) is 4.99. The first kappa shape index (κ1) is 18.0. The molecule has 1 aromatic rings. The standard InChI is InChI=1S/C14H21NO4S2/c1-10-7-11(2)9-12(8-10)21(17,18)15-13(5-6-20-4)14(16)19-3/h7-9,13,15H,5-6H2,1-4H3. The second-order valence-electron chi connectivity index (χ2n) is 4.80. The topological polar surface area (TPSA) is 72.5 Å². The molecule has 0 aliphatic carbocycles. The van der Waals surface area contributed by atoms with Crippen molar-refractivity contribution in [1.82, 2.24) is 4.72 Å². The summed E-state index contributed by atoms with van der Waals surface area (Å²) in [4.78, 5) is 11.9. The number of hydrogen-bond donors (Lipinski definition) is 1. The zero-order chi connectivity index (χ0) is 16.0. The largest absolute Gasteiger partial charge is 0.468 e. The maximum absolute atomic E-state index is 12.4. The average Bonchev–Trinajstić information content (AvgIpc) is 2.41. The quantitative estimate of drug-likeness (QED) is 0.772. The predicted octanol–water partition coefficient (Wildman–Crippen LogP) is 1.88. The van der Waals surface area contributed by atoms with E-state index in [-0.39, 0.29) is 4.90 Å². The van der Waals surface area contributed by atoms with Crippen LogP contribution >= 0.6 is 11.8 Å². The number of hydrogen-bond acceptors (Lipinski definition) is 5. The third-order valence-electron chi connectivity index (χ3n) is 2.90. The van der Waals surface area contributed by atoms with Crippen molar-refractivity contribution in [1.29, 1.82) is 0 Å². The molecule has 0 heterocycles.